The summed E-state index contributed by atoms with van der Waals surface area (Å²) in [7, 11) is 1.69. The molecule has 0 aromatic heterocycles. The first kappa shape index (κ1) is 14.0. The zero-order chi connectivity index (χ0) is 13.1. The van der Waals surface area contributed by atoms with Crippen LogP contribution in [-0.4, -0.2) is 18.3 Å². The van der Waals surface area contributed by atoms with Crippen molar-refractivity contribution in [2.75, 3.05) is 7.11 Å². The number of rotatable bonds is 4. The lowest BCUT2D eigenvalue weighted by molar-refractivity contribution is 0.0559. The van der Waals surface area contributed by atoms with Crippen molar-refractivity contribution in [2.45, 2.75) is 46.6 Å². The highest BCUT2D eigenvalue weighted by molar-refractivity contribution is 5.36. The number of hydrogen-bond acceptors (Lipinski definition) is 2. The van der Waals surface area contributed by atoms with Gasteiger partial charge in [0.2, 0.25) is 0 Å². The topological polar surface area (TPSA) is 29.5 Å². The highest BCUT2D eigenvalue weighted by atomic mass is 16.5. The zero-order valence-electron chi connectivity index (χ0n) is 11.6. The fourth-order valence-corrected chi connectivity index (χ4v) is 1.83. The molecular formula is C15H24O2. The molecule has 0 fully saturated rings. The summed E-state index contributed by atoms with van der Waals surface area (Å²) in [6, 6.07) is 6.17. The maximum absolute atomic E-state index is 10.0. The Kier molecular flexibility index (Phi) is 4.58. The van der Waals surface area contributed by atoms with Crippen LogP contribution in [0.3, 0.4) is 0 Å². The Balaban J connectivity index is 2.72. The molecule has 1 N–H and O–H groups in total. The van der Waals surface area contributed by atoms with E-state index in [-0.39, 0.29) is 11.5 Å². The summed E-state index contributed by atoms with van der Waals surface area (Å²) in [4.78, 5) is 0. The average molecular weight is 236 g/mol. The molecule has 0 saturated heterocycles. The van der Waals surface area contributed by atoms with Crippen molar-refractivity contribution in [3.05, 3.63) is 29.3 Å². The fraction of sp³-hybridized carbons (Fsp3) is 0.600. The normalized spacial score (nSPS) is 13.5. The number of aliphatic hydroxyl groups is 1. The third-order valence-corrected chi connectivity index (χ3v) is 3.12. The summed E-state index contributed by atoms with van der Waals surface area (Å²) in [6.07, 6.45) is 1.33. The molecule has 0 aliphatic heterocycles. The highest BCUT2D eigenvalue weighted by Crippen LogP contribution is 2.26. The minimum atomic E-state index is -0.285. The van der Waals surface area contributed by atoms with Crippen LogP contribution in [0.25, 0.3) is 0 Å². The van der Waals surface area contributed by atoms with Crippen LogP contribution in [0, 0.1) is 12.3 Å². The predicted molar refractivity (Wildman–Crippen MR) is 71.5 cm³/mol. The molecule has 2 nitrogen and oxygen atoms in total. The van der Waals surface area contributed by atoms with Crippen molar-refractivity contribution >= 4 is 0 Å². The van der Waals surface area contributed by atoms with Crippen LogP contribution in [0.5, 0.6) is 5.75 Å². The van der Waals surface area contributed by atoms with Crippen molar-refractivity contribution in [1.82, 2.24) is 0 Å². The van der Waals surface area contributed by atoms with Gasteiger partial charge in [-0.1, -0.05) is 38.5 Å². The summed E-state index contributed by atoms with van der Waals surface area (Å²) in [5.41, 5.74) is 2.35. The van der Waals surface area contributed by atoms with E-state index in [1.54, 1.807) is 7.11 Å². The second-order valence-electron chi connectivity index (χ2n) is 5.74. The second kappa shape index (κ2) is 5.54. The smallest absolute Gasteiger partial charge is 0.122 e. The maximum atomic E-state index is 10.0. The van der Waals surface area contributed by atoms with Crippen LogP contribution >= 0.6 is 0 Å². The summed E-state index contributed by atoms with van der Waals surface area (Å²) >= 11 is 0. The Labute approximate surface area is 105 Å². The third kappa shape index (κ3) is 4.04. The van der Waals surface area contributed by atoms with E-state index in [9.17, 15) is 5.11 Å². The minimum absolute atomic E-state index is 0.0585. The quantitative estimate of drug-likeness (QED) is 0.868. The predicted octanol–water partition coefficient (Wildman–Crippen LogP) is 3.34. The summed E-state index contributed by atoms with van der Waals surface area (Å²) in [5.74, 6) is 0.914. The Hall–Kier alpha value is -1.02. The lowest BCUT2D eigenvalue weighted by Crippen LogP contribution is -2.26. The van der Waals surface area contributed by atoms with Gasteiger partial charge < -0.3 is 9.84 Å². The van der Waals surface area contributed by atoms with Crippen molar-refractivity contribution in [1.29, 1.82) is 0 Å². The average Bonchev–Trinajstić information content (AvgIpc) is 2.24. The molecule has 0 aliphatic carbocycles. The zero-order valence-corrected chi connectivity index (χ0v) is 11.6. The van der Waals surface area contributed by atoms with Gasteiger partial charge in [-0.3, -0.25) is 0 Å². The van der Waals surface area contributed by atoms with Crippen LogP contribution in [0.4, 0.5) is 0 Å². The third-order valence-electron chi connectivity index (χ3n) is 3.12. The molecule has 17 heavy (non-hydrogen) atoms. The molecule has 0 radical (unpaired) electrons. The van der Waals surface area contributed by atoms with Gasteiger partial charge in [0.25, 0.3) is 0 Å². The Morgan fingerprint density at radius 3 is 2.47 bits per heavy atom. The molecule has 0 saturated carbocycles. The molecular weight excluding hydrogens is 212 g/mol. The molecule has 96 valence electrons. The van der Waals surface area contributed by atoms with E-state index in [0.717, 1.165) is 18.6 Å². The Morgan fingerprint density at radius 1 is 1.29 bits per heavy atom. The van der Waals surface area contributed by atoms with E-state index in [1.807, 2.05) is 12.1 Å². The van der Waals surface area contributed by atoms with Gasteiger partial charge in [0.15, 0.2) is 0 Å². The van der Waals surface area contributed by atoms with Crippen LogP contribution in [-0.2, 0) is 6.42 Å². The van der Waals surface area contributed by atoms with E-state index in [2.05, 4.69) is 33.8 Å². The SMILES string of the molecule is COc1ccc(C)cc1CCC(O)C(C)(C)C. The van der Waals surface area contributed by atoms with E-state index in [0.29, 0.717) is 0 Å². The minimum Gasteiger partial charge on any atom is -0.496 e. The van der Waals surface area contributed by atoms with Gasteiger partial charge in [-0.05, 0) is 36.8 Å². The van der Waals surface area contributed by atoms with Crippen LogP contribution in [0.1, 0.15) is 38.3 Å². The lowest BCUT2D eigenvalue weighted by atomic mass is 9.85. The first-order valence-corrected chi connectivity index (χ1v) is 6.16. The van der Waals surface area contributed by atoms with Crippen molar-refractivity contribution in [2.24, 2.45) is 5.41 Å². The Bertz CT molecular complexity index is 364. The first-order chi connectivity index (χ1) is 7.84. The summed E-state index contributed by atoms with van der Waals surface area (Å²) in [5, 5.41) is 10.0. The number of aliphatic hydroxyl groups excluding tert-OH is 1. The molecule has 1 aromatic rings. The van der Waals surface area contributed by atoms with Crippen LogP contribution in [0.2, 0.25) is 0 Å². The van der Waals surface area contributed by atoms with Gasteiger partial charge in [0.1, 0.15) is 5.75 Å². The molecule has 0 heterocycles. The van der Waals surface area contributed by atoms with Crippen LogP contribution < -0.4 is 4.74 Å². The van der Waals surface area contributed by atoms with Crippen molar-refractivity contribution < 1.29 is 9.84 Å². The molecule has 0 aliphatic rings. The van der Waals surface area contributed by atoms with Gasteiger partial charge in [0.05, 0.1) is 13.2 Å². The van der Waals surface area contributed by atoms with Gasteiger partial charge in [0, 0.05) is 0 Å². The monoisotopic (exact) mass is 236 g/mol. The molecule has 1 unspecified atom stereocenters. The molecule has 0 amide bonds. The van der Waals surface area contributed by atoms with Gasteiger partial charge in [-0.2, -0.15) is 0 Å². The number of ether oxygens (including phenoxy) is 1. The summed E-state index contributed by atoms with van der Waals surface area (Å²) < 4.78 is 5.34. The molecule has 0 bridgehead atoms. The van der Waals surface area contributed by atoms with Gasteiger partial charge >= 0.3 is 0 Å². The summed E-state index contributed by atoms with van der Waals surface area (Å²) in [6.45, 7) is 8.25. The van der Waals surface area contributed by atoms with Gasteiger partial charge in [-0.25, -0.2) is 0 Å². The van der Waals surface area contributed by atoms with E-state index in [1.165, 1.54) is 11.1 Å². The number of hydrogen-bond donors (Lipinski definition) is 1. The number of methoxy groups -OCH3 is 1. The van der Waals surface area contributed by atoms with E-state index in [4.69, 9.17) is 4.74 Å². The molecule has 0 spiro atoms. The van der Waals surface area contributed by atoms with E-state index >= 15 is 0 Å². The second-order valence-corrected chi connectivity index (χ2v) is 5.74. The van der Waals surface area contributed by atoms with Crippen molar-refractivity contribution in [3.8, 4) is 5.75 Å². The lowest BCUT2D eigenvalue weighted by Gasteiger charge is -2.26. The molecule has 2 heteroatoms. The first-order valence-electron chi connectivity index (χ1n) is 6.16. The molecule has 1 rings (SSSR count). The molecule has 1 aromatic carbocycles. The maximum Gasteiger partial charge on any atom is 0.122 e. The standard InChI is InChI=1S/C15H24O2/c1-11-6-8-13(17-5)12(10-11)7-9-14(16)15(2,3)4/h6,8,10,14,16H,7,9H2,1-5H3. The number of aryl methyl sites for hydroxylation is 2. The molecule has 1 atom stereocenters. The van der Waals surface area contributed by atoms with Crippen molar-refractivity contribution in [3.63, 3.8) is 0 Å². The van der Waals surface area contributed by atoms with Gasteiger partial charge in [-0.15, -0.1) is 0 Å². The van der Waals surface area contributed by atoms with E-state index < -0.39 is 0 Å². The highest BCUT2D eigenvalue weighted by Gasteiger charge is 2.22. The number of benzene rings is 1. The van der Waals surface area contributed by atoms with Crippen LogP contribution in [0.15, 0.2) is 18.2 Å². The Morgan fingerprint density at radius 2 is 1.94 bits per heavy atom. The largest absolute Gasteiger partial charge is 0.496 e. The fourth-order valence-electron chi connectivity index (χ4n) is 1.83.